The molecule has 0 aliphatic heterocycles. The maximum Gasteiger partial charge on any atom is 0.165 e. The van der Waals surface area contributed by atoms with E-state index in [1.165, 1.54) is 0 Å². The van der Waals surface area contributed by atoms with Gasteiger partial charge in [-0.25, -0.2) is 0 Å². The van der Waals surface area contributed by atoms with Crippen molar-refractivity contribution < 1.29 is 9.47 Å². The Morgan fingerprint density at radius 1 is 1.09 bits per heavy atom. The van der Waals surface area contributed by atoms with E-state index in [9.17, 15) is 0 Å². The van der Waals surface area contributed by atoms with Crippen LogP contribution in [0.5, 0.6) is 11.5 Å². The summed E-state index contributed by atoms with van der Waals surface area (Å²) in [6.07, 6.45) is 0. The first-order valence-corrected chi connectivity index (χ1v) is 7.70. The minimum absolute atomic E-state index is 0.0840. The Labute approximate surface area is 141 Å². The fraction of sp³-hybridized carbons (Fsp3) is 0.294. The largest absolute Gasteiger partial charge is 0.493 e. The molecule has 118 valence electrons. The maximum atomic E-state index is 6.24. The summed E-state index contributed by atoms with van der Waals surface area (Å²) in [5, 5.41) is 4.73. The molecule has 0 radical (unpaired) electrons. The zero-order valence-electron chi connectivity index (χ0n) is 12.8. The van der Waals surface area contributed by atoms with E-state index in [2.05, 4.69) is 12.2 Å². The third kappa shape index (κ3) is 3.86. The predicted octanol–water partition coefficient (Wildman–Crippen LogP) is 4.86. The van der Waals surface area contributed by atoms with Gasteiger partial charge in [-0.3, -0.25) is 0 Å². The molecule has 1 unspecified atom stereocenters. The molecule has 22 heavy (non-hydrogen) atoms. The van der Waals surface area contributed by atoms with Gasteiger partial charge in [-0.1, -0.05) is 41.4 Å². The fourth-order valence-electron chi connectivity index (χ4n) is 2.32. The average molecular weight is 340 g/mol. The lowest BCUT2D eigenvalue weighted by Crippen LogP contribution is -2.19. The number of benzene rings is 2. The first-order valence-electron chi connectivity index (χ1n) is 6.95. The molecule has 0 aromatic heterocycles. The van der Waals surface area contributed by atoms with Crippen LogP contribution in [-0.2, 0) is 6.54 Å². The lowest BCUT2D eigenvalue weighted by Gasteiger charge is -2.18. The molecule has 1 N–H and O–H groups in total. The molecule has 0 fully saturated rings. The second-order valence-electron chi connectivity index (χ2n) is 4.92. The van der Waals surface area contributed by atoms with E-state index in [1.54, 1.807) is 20.3 Å². The summed E-state index contributed by atoms with van der Waals surface area (Å²) in [5.41, 5.74) is 2.03. The molecule has 0 bridgehead atoms. The molecule has 0 spiro atoms. The topological polar surface area (TPSA) is 30.5 Å². The van der Waals surface area contributed by atoms with Gasteiger partial charge in [-0.15, -0.1) is 0 Å². The second-order valence-corrected chi connectivity index (χ2v) is 5.76. The van der Waals surface area contributed by atoms with Gasteiger partial charge in [0.05, 0.1) is 14.2 Å². The third-order valence-electron chi connectivity index (χ3n) is 3.51. The third-order valence-corrected chi connectivity index (χ3v) is 4.07. The minimum Gasteiger partial charge on any atom is -0.493 e. The molecule has 0 saturated heterocycles. The Bertz CT molecular complexity index is 647. The molecule has 5 heteroatoms. The van der Waals surface area contributed by atoms with Crippen molar-refractivity contribution >= 4 is 23.2 Å². The van der Waals surface area contributed by atoms with E-state index < -0.39 is 0 Å². The van der Waals surface area contributed by atoms with Gasteiger partial charge in [0.15, 0.2) is 11.5 Å². The highest BCUT2D eigenvalue weighted by Gasteiger charge is 2.13. The number of para-hydroxylation sites is 1. The average Bonchev–Trinajstić information content (AvgIpc) is 2.51. The molecule has 0 heterocycles. The molecule has 2 rings (SSSR count). The monoisotopic (exact) mass is 339 g/mol. The summed E-state index contributed by atoms with van der Waals surface area (Å²) >= 11 is 12.2. The normalized spacial score (nSPS) is 12.0. The Balaban J connectivity index is 2.12. The number of hydrogen-bond acceptors (Lipinski definition) is 3. The van der Waals surface area contributed by atoms with Crippen molar-refractivity contribution in [1.82, 2.24) is 5.32 Å². The minimum atomic E-state index is 0.0840. The molecule has 0 aliphatic carbocycles. The van der Waals surface area contributed by atoms with Crippen molar-refractivity contribution in [1.29, 1.82) is 0 Å². The zero-order chi connectivity index (χ0) is 16.1. The summed E-state index contributed by atoms with van der Waals surface area (Å²) in [7, 11) is 3.27. The van der Waals surface area contributed by atoms with Gasteiger partial charge in [0.2, 0.25) is 0 Å². The SMILES string of the molecule is COc1cccc(CNC(C)c2ccc(Cl)cc2Cl)c1OC. The molecule has 2 aromatic rings. The van der Waals surface area contributed by atoms with Gasteiger partial charge >= 0.3 is 0 Å². The van der Waals surface area contributed by atoms with Crippen LogP contribution >= 0.6 is 23.2 Å². The maximum absolute atomic E-state index is 6.24. The molecular weight excluding hydrogens is 321 g/mol. The predicted molar refractivity (Wildman–Crippen MR) is 91.3 cm³/mol. The first kappa shape index (κ1) is 16.9. The first-order chi connectivity index (χ1) is 10.6. The van der Waals surface area contributed by atoms with Crippen LogP contribution in [0.4, 0.5) is 0 Å². The van der Waals surface area contributed by atoms with E-state index in [-0.39, 0.29) is 6.04 Å². The lowest BCUT2D eigenvalue weighted by molar-refractivity contribution is 0.350. The Kier molecular flexibility index (Phi) is 5.95. The standard InChI is InChI=1S/C17H19Cl2NO2/c1-11(14-8-7-13(18)9-15(14)19)20-10-12-5-4-6-16(21-2)17(12)22-3/h4-9,11,20H,10H2,1-3H3. The van der Waals surface area contributed by atoms with E-state index in [4.69, 9.17) is 32.7 Å². The molecular formula is C17H19Cl2NO2. The smallest absolute Gasteiger partial charge is 0.165 e. The van der Waals surface area contributed by atoms with Crippen LogP contribution in [0.15, 0.2) is 36.4 Å². The number of methoxy groups -OCH3 is 2. The van der Waals surface area contributed by atoms with E-state index in [0.717, 1.165) is 22.6 Å². The summed E-state index contributed by atoms with van der Waals surface area (Å²) in [6.45, 7) is 2.70. The van der Waals surface area contributed by atoms with Crippen LogP contribution in [0, 0.1) is 0 Å². The highest BCUT2D eigenvalue weighted by Crippen LogP contribution is 2.31. The van der Waals surface area contributed by atoms with Gasteiger partial charge in [0.25, 0.3) is 0 Å². The zero-order valence-corrected chi connectivity index (χ0v) is 14.3. The van der Waals surface area contributed by atoms with Gasteiger partial charge in [0, 0.05) is 28.2 Å². The fourth-order valence-corrected chi connectivity index (χ4v) is 2.89. The van der Waals surface area contributed by atoms with Crippen LogP contribution in [0.1, 0.15) is 24.1 Å². The van der Waals surface area contributed by atoms with E-state index >= 15 is 0 Å². The van der Waals surface area contributed by atoms with Crippen molar-refractivity contribution in [3.63, 3.8) is 0 Å². The highest BCUT2D eigenvalue weighted by atomic mass is 35.5. The van der Waals surface area contributed by atoms with Gasteiger partial charge in [0.1, 0.15) is 0 Å². The Morgan fingerprint density at radius 2 is 1.86 bits per heavy atom. The van der Waals surface area contributed by atoms with E-state index in [0.29, 0.717) is 16.6 Å². The number of nitrogens with one attached hydrogen (secondary N) is 1. The number of hydrogen-bond donors (Lipinski definition) is 1. The number of halogens is 2. The number of rotatable bonds is 6. The highest BCUT2D eigenvalue weighted by molar-refractivity contribution is 6.35. The Morgan fingerprint density at radius 3 is 2.50 bits per heavy atom. The summed E-state index contributed by atoms with van der Waals surface area (Å²) in [5.74, 6) is 1.46. The quantitative estimate of drug-likeness (QED) is 0.814. The number of ether oxygens (including phenoxy) is 2. The van der Waals surface area contributed by atoms with Crippen molar-refractivity contribution in [3.05, 3.63) is 57.6 Å². The van der Waals surface area contributed by atoms with Crippen molar-refractivity contribution in [2.75, 3.05) is 14.2 Å². The molecule has 0 aliphatic rings. The van der Waals surface area contributed by atoms with Crippen LogP contribution in [0.25, 0.3) is 0 Å². The van der Waals surface area contributed by atoms with Crippen molar-refractivity contribution in [2.45, 2.75) is 19.5 Å². The molecule has 3 nitrogen and oxygen atoms in total. The van der Waals surface area contributed by atoms with Crippen LogP contribution in [-0.4, -0.2) is 14.2 Å². The van der Waals surface area contributed by atoms with Crippen molar-refractivity contribution in [2.24, 2.45) is 0 Å². The second kappa shape index (κ2) is 7.73. The summed E-state index contributed by atoms with van der Waals surface area (Å²) < 4.78 is 10.7. The van der Waals surface area contributed by atoms with Crippen LogP contribution < -0.4 is 14.8 Å². The van der Waals surface area contributed by atoms with Crippen molar-refractivity contribution in [3.8, 4) is 11.5 Å². The summed E-state index contributed by atoms with van der Waals surface area (Å²) in [6, 6.07) is 11.4. The van der Waals surface area contributed by atoms with Crippen LogP contribution in [0.2, 0.25) is 10.0 Å². The summed E-state index contributed by atoms with van der Waals surface area (Å²) in [4.78, 5) is 0. The van der Waals surface area contributed by atoms with Gasteiger partial charge in [-0.05, 0) is 30.7 Å². The molecule has 0 saturated carbocycles. The van der Waals surface area contributed by atoms with Gasteiger partial charge in [-0.2, -0.15) is 0 Å². The van der Waals surface area contributed by atoms with Crippen LogP contribution in [0.3, 0.4) is 0 Å². The van der Waals surface area contributed by atoms with E-state index in [1.807, 2.05) is 30.3 Å². The van der Waals surface area contributed by atoms with Gasteiger partial charge < -0.3 is 14.8 Å². The molecule has 1 atom stereocenters. The molecule has 0 amide bonds. The Hall–Kier alpha value is -1.42. The lowest BCUT2D eigenvalue weighted by atomic mass is 10.1. The molecule has 2 aromatic carbocycles.